The van der Waals surface area contributed by atoms with Crippen LogP contribution in [0.2, 0.25) is 0 Å². The van der Waals surface area contributed by atoms with Crippen LogP contribution in [0, 0.1) is 0 Å². The number of carbonyl (C=O) groups excluding carboxylic acids is 1. The molecule has 0 aromatic carbocycles. The number of sulfonamides is 1. The number of piperazine rings is 1. The van der Waals surface area contributed by atoms with Crippen LogP contribution in [-0.4, -0.2) is 75.9 Å². The van der Waals surface area contributed by atoms with Crippen molar-refractivity contribution in [3.05, 3.63) is 16.3 Å². The third-order valence-electron chi connectivity index (χ3n) is 4.44. The number of nitrogens with zero attached hydrogens (tertiary/aromatic N) is 2. The van der Waals surface area contributed by atoms with Crippen LogP contribution in [0.4, 0.5) is 0 Å². The molecule has 25 heavy (non-hydrogen) atoms. The van der Waals surface area contributed by atoms with Crippen molar-refractivity contribution in [2.45, 2.75) is 17.7 Å². The topological polar surface area (TPSA) is 81.8 Å². The summed E-state index contributed by atoms with van der Waals surface area (Å²) in [7, 11) is -3.55. The van der Waals surface area contributed by atoms with Gasteiger partial charge in [-0.05, 0) is 24.3 Å². The predicted octanol–water partition coefficient (Wildman–Crippen LogP) is 0.589. The van der Waals surface area contributed by atoms with Crippen molar-refractivity contribution in [1.82, 2.24) is 19.8 Å². The minimum absolute atomic E-state index is 0. The first kappa shape index (κ1) is 20.6. The van der Waals surface area contributed by atoms with Crippen molar-refractivity contribution in [3.63, 3.8) is 0 Å². The lowest BCUT2D eigenvalue weighted by Crippen LogP contribution is -2.46. The first-order valence-electron chi connectivity index (χ1n) is 8.38. The fourth-order valence-electron chi connectivity index (χ4n) is 3.08. The Kier molecular flexibility index (Phi) is 7.66. The number of thiophene rings is 1. The van der Waals surface area contributed by atoms with Crippen molar-refractivity contribution in [2.75, 3.05) is 52.4 Å². The summed E-state index contributed by atoms with van der Waals surface area (Å²) in [5, 5.41) is 7.83. The maximum atomic E-state index is 12.7. The lowest BCUT2D eigenvalue weighted by atomic mass is 10.3. The van der Waals surface area contributed by atoms with Crippen molar-refractivity contribution in [3.8, 4) is 0 Å². The summed E-state index contributed by atoms with van der Waals surface area (Å²) < 4.78 is 26.8. The molecule has 0 unspecified atom stereocenters. The van der Waals surface area contributed by atoms with Gasteiger partial charge < -0.3 is 10.6 Å². The van der Waals surface area contributed by atoms with E-state index in [9.17, 15) is 13.2 Å². The zero-order chi connectivity index (χ0) is 17.0. The van der Waals surface area contributed by atoms with E-state index in [0.29, 0.717) is 24.5 Å². The van der Waals surface area contributed by atoms with E-state index in [2.05, 4.69) is 15.5 Å². The normalized spacial score (nSPS) is 19.5. The number of halogens is 1. The fraction of sp³-hybridized carbons (Fsp3) is 0.667. The summed E-state index contributed by atoms with van der Waals surface area (Å²) in [5.74, 6) is -0.294. The fourth-order valence-corrected chi connectivity index (χ4v) is 5.91. The molecule has 142 valence electrons. The van der Waals surface area contributed by atoms with Gasteiger partial charge in [0.15, 0.2) is 0 Å². The zero-order valence-electron chi connectivity index (χ0n) is 14.1. The molecule has 0 atom stereocenters. The molecule has 2 N–H and O–H groups in total. The molecular weight excluding hydrogens is 384 g/mol. The number of hydrogen-bond acceptors (Lipinski definition) is 6. The molecule has 0 aliphatic carbocycles. The molecule has 3 heterocycles. The van der Waals surface area contributed by atoms with E-state index in [-0.39, 0.29) is 23.2 Å². The lowest BCUT2D eigenvalue weighted by molar-refractivity contribution is 0.0948. The average molecular weight is 409 g/mol. The van der Waals surface area contributed by atoms with E-state index in [4.69, 9.17) is 0 Å². The van der Waals surface area contributed by atoms with Crippen LogP contribution in [0.1, 0.15) is 22.5 Å². The smallest absolute Gasteiger partial charge is 0.262 e. The molecule has 2 aliphatic heterocycles. The third kappa shape index (κ3) is 4.93. The summed E-state index contributed by atoms with van der Waals surface area (Å²) in [4.78, 5) is 15.1. The number of amides is 1. The molecule has 1 aromatic rings. The van der Waals surface area contributed by atoms with Crippen LogP contribution < -0.4 is 10.6 Å². The van der Waals surface area contributed by atoms with Crippen molar-refractivity contribution in [1.29, 1.82) is 0 Å². The van der Waals surface area contributed by atoms with E-state index < -0.39 is 10.0 Å². The van der Waals surface area contributed by atoms with Crippen molar-refractivity contribution < 1.29 is 13.2 Å². The highest BCUT2D eigenvalue weighted by atomic mass is 35.5. The second-order valence-electron chi connectivity index (χ2n) is 6.07. The van der Waals surface area contributed by atoms with Crippen LogP contribution in [0.15, 0.2) is 16.3 Å². The van der Waals surface area contributed by atoms with Gasteiger partial charge in [-0.15, -0.1) is 23.7 Å². The molecular formula is C15H25ClN4O3S2. The molecule has 2 saturated heterocycles. The molecule has 1 aromatic heterocycles. The lowest BCUT2D eigenvalue weighted by Gasteiger charge is -2.27. The zero-order valence-corrected chi connectivity index (χ0v) is 16.5. The van der Waals surface area contributed by atoms with E-state index in [1.54, 1.807) is 11.4 Å². The minimum Gasteiger partial charge on any atom is -0.350 e. The second kappa shape index (κ2) is 9.29. The quantitative estimate of drug-likeness (QED) is 0.720. The highest BCUT2D eigenvalue weighted by Crippen LogP contribution is 2.27. The van der Waals surface area contributed by atoms with Gasteiger partial charge in [0, 0.05) is 52.4 Å². The first-order valence-corrected chi connectivity index (χ1v) is 10.7. The maximum absolute atomic E-state index is 12.7. The van der Waals surface area contributed by atoms with Gasteiger partial charge in [0.05, 0.1) is 0 Å². The van der Waals surface area contributed by atoms with Gasteiger partial charge in [-0.3, -0.25) is 9.69 Å². The Bertz CT molecular complexity index is 668. The van der Waals surface area contributed by atoms with Gasteiger partial charge in [-0.1, -0.05) is 0 Å². The molecule has 2 fully saturated rings. The van der Waals surface area contributed by atoms with Crippen molar-refractivity contribution in [2.24, 2.45) is 0 Å². The van der Waals surface area contributed by atoms with Crippen LogP contribution >= 0.6 is 23.7 Å². The molecule has 0 spiro atoms. The van der Waals surface area contributed by atoms with Crippen LogP contribution in [0.25, 0.3) is 0 Å². The van der Waals surface area contributed by atoms with Gasteiger partial charge in [-0.2, -0.15) is 4.31 Å². The van der Waals surface area contributed by atoms with Gasteiger partial charge in [0.25, 0.3) is 5.91 Å². The Balaban J connectivity index is 0.00000225. The molecule has 0 radical (unpaired) electrons. The standard InChI is InChI=1S/C15H24N4O3S2.ClH/c20-15(17-6-11-18-9-4-16-5-10-18)14-13(3-12-23-14)24(21,22)19-7-1-2-8-19;/h3,12,16H,1-2,4-11H2,(H,17,20);1H. The number of nitrogens with one attached hydrogen (secondary N) is 2. The average Bonchev–Trinajstić information content (AvgIpc) is 3.28. The summed E-state index contributed by atoms with van der Waals surface area (Å²) >= 11 is 1.19. The summed E-state index contributed by atoms with van der Waals surface area (Å²) in [6.45, 7) is 6.29. The second-order valence-corrected chi connectivity index (χ2v) is 8.90. The highest BCUT2D eigenvalue weighted by Gasteiger charge is 2.31. The molecule has 10 heteroatoms. The van der Waals surface area contributed by atoms with Gasteiger partial charge in [0.1, 0.15) is 9.77 Å². The van der Waals surface area contributed by atoms with E-state index in [1.807, 2.05) is 0 Å². The number of rotatable bonds is 6. The van der Waals surface area contributed by atoms with Gasteiger partial charge >= 0.3 is 0 Å². The SMILES string of the molecule is Cl.O=C(NCCN1CCNCC1)c1sccc1S(=O)(=O)N1CCCC1. The van der Waals surface area contributed by atoms with Gasteiger partial charge in [-0.25, -0.2) is 8.42 Å². The molecule has 7 nitrogen and oxygen atoms in total. The van der Waals surface area contributed by atoms with Gasteiger partial charge in [0.2, 0.25) is 10.0 Å². The number of carbonyl (C=O) groups is 1. The first-order chi connectivity index (χ1) is 11.6. The largest absolute Gasteiger partial charge is 0.350 e. The molecule has 1 amide bonds. The summed E-state index contributed by atoms with van der Waals surface area (Å²) in [5.41, 5.74) is 0. The van der Waals surface area contributed by atoms with Crippen LogP contribution in [0.3, 0.4) is 0 Å². The summed E-state index contributed by atoms with van der Waals surface area (Å²) in [6, 6.07) is 1.55. The van der Waals surface area contributed by atoms with Crippen LogP contribution in [-0.2, 0) is 10.0 Å². The highest BCUT2D eigenvalue weighted by molar-refractivity contribution is 7.89. The maximum Gasteiger partial charge on any atom is 0.262 e. The molecule has 0 bridgehead atoms. The molecule has 0 saturated carbocycles. The van der Waals surface area contributed by atoms with Crippen molar-refractivity contribution >= 4 is 39.7 Å². The Morgan fingerprint density at radius 1 is 1.20 bits per heavy atom. The molecule has 2 aliphatic rings. The Morgan fingerprint density at radius 3 is 2.56 bits per heavy atom. The minimum atomic E-state index is -3.55. The molecule has 3 rings (SSSR count). The third-order valence-corrected chi connectivity index (χ3v) is 7.42. The Hall–Kier alpha value is -0.710. The Morgan fingerprint density at radius 2 is 1.88 bits per heavy atom. The predicted molar refractivity (Wildman–Crippen MR) is 101 cm³/mol. The number of hydrogen-bond donors (Lipinski definition) is 2. The summed E-state index contributed by atoms with van der Waals surface area (Å²) in [6.07, 6.45) is 1.77. The van der Waals surface area contributed by atoms with E-state index in [0.717, 1.165) is 45.6 Å². The van der Waals surface area contributed by atoms with E-state index >= 15 is 0 Å². The monoisotopic (exact) mass is 408 g/mol. The Labute approximate surface area is 159 Å². The van der Waals surface area contributed by atoms with Crippen LogP contribution in [0.5, 0.6) is 0 Å². The van der Waals surface area contributed by atoms with E-state index in [1.165, 1.54) is 15.6 Å².